The van der Waals surface area contributed by atoms with E-state index in [4.69, 9.17) is 0 Å². The second-order valence-corrected chi connectivity index (χ2v) is 5.14. The molecule has 0 atom stereocenters. The molecule has 0 aliphatic carbocycles. The number of carbonyl (C=O) groups excluding carboxylic acids is 1. The number of nitrogens with one attached hydrogen (secondary N) is 1. The van der Waals surface area contributed by atoms with Gasteiger partial charge in [-0.05, 0) is 25.4 Å². The van der Waals surface area contributed by atoms with Crippen molar-refractivity contribution in [1.29, 1.82) is 0 Å². The molecule has 1 aliphatic rings. The van der Waals surface area contributed by atoms with Crippen LogP contribution in [0.15, 0.2) is 0 Å². The standard InChI is InChI=1S/C14H27NO/c1-2-3-4-5-6-7-8-9-14(16)10-13-11-15-12-13/h13,15H,2-12H2,1H3. The van der Waals surface area contributed by atoms with Crippen LogP contribution in [0.4, 0.5) is 0 Å². The van der Waals surface area contributed by atoms with Gasteiger partial charge in [0.25, 0.3) is 0 Å². The lowest BCUT2D eigenvalue weighted by Crippen LogP contribution is -2.42. The predicted octanol–water partition coefficient (Wildman–Crippen LogP) is 3.31. The van der Waals surface area contributed by atoms with Gasteiger partial charge in [0.15, 0.2) is 0 Å². The zero-order chi connectivity index (χ0) is 11.6. The quantitative estimate of drug-likeness (QED) is 0.578. The summed E-state index contributed by atoms with van der Waals surface area (Å²) in [5.41, 5.74) is 0. The summed E-state index contributed by atoms with van der Waals surface area (Å²) < 4.78 is 0. The number of ketones is 1. The van der Waals surface area contributed by atoms with Gasteiger partial charge in [0.05, 0.1) is 0 Å². The van der Waals surface area contributed by atoms with Crippen LogP contribution in [-0.2, 0) is 4.79 Å². The van der Waals surface area contributed by atoms with Gasteiger partial charge in [-0.3, -0.25) is 4.79 Å². The van der Waals surface area contributed by atoms with Crippen LogP contribution in [-0.4, -0.2) is 18.9 Å². The molecule has 0 aromatic carbocycles. The Morgan fingerprint density at radius 1 is 1.06 bits per heavy atom. The summed E-state index contributed by atoms with van der Waals surface area (Å²) in [5, 5.41) is 3.21. The molecule has 1 aliphatic heterocycles. The molecule has 0 aromatic heterocycles. The molecule has 1 N–H and O–H groups in total. The summed E-state index contributed by atoms with van der Waals surface area (Å²) >= 11 is 0. The minimum Gasteiger partial charge on any atom is -0.316 e. The normalized spacial score (nSPS) is 16.1. The van der Waals surface area contributed by atoms with Crippen LogP contribution in [0.25, 0.3) is 0 Å². The SMILES string of the molecule is CCCCCCCCCC(=O)CC1CNC1. The Morgan fingerprint density at radius 2 is 1.69 bits per heavy atom. The largest absolute Gasteiger partial charge is 0.316 e. The van der Waals surface area contributed by atoms with Gasteiger partial charge in [-0.15, -0.1) is 0 Å². The maximum atomic E-state index is 11.6. The van der Waals surface area contributed by atoms with E-state index in [9.17, 15) is 4.79 Å². The van der Waals surface area contributed by atoms with Gasteiger partial charge in [0.2, 0.25) is 0 Å². The van der Waals surface area contributed by atoms with E-state index in [0.717, 1.165) is 32.4 Å². The molecule has 1 heterocycles. The molecule has 0 saturated carbocycles. The van der Waals surface area contributed by atoms with E-state index in [1.165, 1.54) is 38.5 Å². The van der Waals surface area contributed by atoms with Gasteiger partial charge in [0.1, 0.15) is 5.78 Å². The lowest BCUT2D eigenvalue weighted by atomic mass is 9.94. The number of rotatable bonds is 10. The second kappa shape index (κ2) is 8.74. The summed E-state index contributed by atoms with van der Waals surface area (Å²) in [6.45, 7) is 4.36. The van der Waals surface area contributed by atoms with E-state index in [-0.39, 0.29) is 0 Å². The van der Waals surface area contributed by atoms with Gasteiger partial charge in [-0.1, -0.05) is 45.4 Å². The molecule has 0 unspecified atom stereocenters. The molecule has 1 saturated heterocycles. The average molecular weight is 225 g/mol. The van der Waals surface area contributed by atoms with E-state index < -0.39 is 0 Å². The Kier molecular flexibility index (Phi) is 7.48. The summed E-state index contributed by atoms with van der Waals surface area (Å²) in [7, 11) is 0. The summed E-state index contributed by atoms with van der Waals surface area (Å²) in [5.74, 6) is 1.14. The zero-order valence-corrected chi connectivity index (χ0v) is 10.8. The van der Waals surface area contributed by atoms with Crippen LogP contribution in [0.2, 0.25) is 0 Å². The topological polar surface area (TPSA) is 29.1 Å². The van der Waals surface area contributed by atoms with Crippen LogP contribution in [0.5, 0.6) is 0 Å². The van der Waals surface area contributed by atoms with Crippen molar-refractivity contribution in [2.24, 2.45) is 5.92 Å². The molecule has 0 amide bonds. The van der Waals surface area contributed by atoms with Crippen molar-refractivity contribution >= 4 is 5.78 Å². The number of hydrogen-bond donors (Lipinski definition) is 1. The van der Waals surface area contributed by atoms with Crippen LogP contribution in [0.1, 0.15) is 64.7 Å². The minimum absolute atomic E-state index is 0.486. The summed E-state index contributed by atoms with van der Waals surface area (Å²) in [6, 6.07) is 0. The fraction of sp³-hybridized carbons (Fsp3) is 0.929. The fourth-order valence-corrected chi connectivity index (χ4v) is 2.20. The zero-order valence-electron chi connectivity index (χ0n) is 10.8. The number of Topliss-reactive ketones (excluding diaryl/α,β-unsaturated/α-hetero) is 1. The maximum absolute atomic E-state index is 11.6. The van der Waals surface area contributed by atoms with Crippen molar-refractivity contribution in [2.75, 3.05) is 13.1 Å². The molecule has 1 fully saturated rings. The third-order valence-electron chi connectivity index (χ3n) is 3.44. The molecule has 94 valence electrons. The van der Waals surface area contributed by atoms with Gasteiger partial charge >= 0.3 is 0 Å². The highest BCUT2D eigenvalue weighted by Gasteiger charge is 2.19. The molecule has 2 heteroatoms. The van der Waals surface area contributed by atoms with Gasteiger partial charge in [0, 0.05) is 12.8 Å². The van der Waals surface area contributed by atoms with Gasteiger partial charge in [-0.25, -0.2) is 0 Å². The van der Waals surface area contributed by atoms with Crippen LogP contribution >= 0.6 is 0 Å². The first-order valence-electron chi connectivity index (χ1n) is 7.05. The highest BCUT2D eigenvalue weighted by molar-refractivity contribution is 5.78. The van der Waals surface area contributed by atoms with Crippen molar-refractivity contribution in [1.82, 2.24) is 5.32 Å². The minimum atomic E-state index is 0.486. The highest BCUT2D eigenvalue weighted by Crippen LogP contribution is 2.13. The number of unbranched alkanes of at least 4 members (excludes halogenated alkanes) is 6. The fourth-order valence-electron chi connectivity index (χ4n) is 2.20. The Labute approximate surface area is 100 Å². The molecule has 0 bridgehead atoms. The average Bonchev–Trinajstić information content (AvgIpc) is 2.22. The molecule has 2 nitrogen and oxygen atoms in total. The summed E-state index contributed by atoms with van der Waals surface area (Å²) in [6.07, 6.45) is 10.7. The van der Waals surface area contributed by atoms with E-state index in [2.05, 4.69) is 12.2 Å². The monoisotopic (exact) mass is 225 g/mol. The lowest BCUT2D eigenvalue weighted by molar-refractivity contribution is -0.120. The third-order valence-corrected chi connectivity index (χ3v) is 3.44. The van der Waals surface area contributed by atoms with E-state index >= 15 is 0 Å². The summed E-state index contributed by atoms with van der Waals surface area (Å²) in [4.78, 5) is 11.6. The second-order valence-electron chi connectivity index (χ2n) is 5.14. The molecular formula is C14H27NO. The molecule has 0 radical (unpaired) electrons. The molecule has 0 spiro atoms. The van der Waals surface area contributed by atoms with Gasteiger partial charge < -0.3 is 5.32 Å². The van der Waals surface area contributed by atoms with Crippen molar-refractivity contribution in [3.05, 3.63) is 0 Å². The van der Waals surface area contributed by atoms with Crippen molar-refractivity contribution < 1.29 is 4.79 Å². The molecular weight excluding hydrogens is 198 g/mol. The highest BCUT2D eigenvalue weighted by atomic mass is 16.1. The maximum Gasteiger partial charge on any atom is 0.133 e. The van der Waals surface area contributed by atoms with Crippen molar-refractivity contribution in [2.45, 2.75) is 64.7 Å². The van der Waals surface area contributed by atoms with Gasteiger partial charge in [-0.2, -0.15) is 0 Å². The van der Waals surface area contributed by atoms with E-state index in [1.54, 1.807) is 0 Å². The number of carbonyl (C=O) groups is 1. The lowest BCUT2D eigenvalue weighted by Gasteiger charge is -2.26. The Morgan fingerprint density at radius 3 is 2.25 bits per heavy atom. The van der Waals surface area contributed by atoms with Crippen LogP contribution in [0, 0.1) is 5.92 Å². The van der Waals surface area contributed by atoms with Crippen LogP contribution in [0.3, 0.4) is 0 Å². The predicted molar refractivity (Wildman–Crippen MR) is 68.6 cm³/mol. The third kappa shape index (κ3) is 6.26. The Balaban J connectivity index is 1.80. The Bertz CT molecular complexity index is 187. The smallest absolute Gasteiger partial charge is 0.133 e. The number of hydrogen-bond acceptors (Lipinski definition) is 2. The van der Waals surface area contributed by atoms with Crippen molar-refractivity contribution in [3.8, 4) is 0 Å². The van der Waals surface area contributed by atoms with Crippen molar-refractivity contribution in [3.63, 3.8) is 0 Å². The molecule has 0 aromatic rings. The van der Waals surface area contributed by atoms with Crippen LogP contribution < -0.4 is 5.32 Å². The van der Waals surface area contributed by atoms with E-state index in [1.807, 2.05) is 0 Å². The Hall–Kier alpha value is -0.370. The first-order valence-corrected chi connectivity index (χ1v) is 7.05. The molecule has 1 rings (SSSR count). The first kappa shape index (κ1) is 13.7. The first-order chi connectivity index (χ1) is 7.83. The molecule has 16 heavy (non-hydrogen) atoms. The van der Waals surface area contributed by atoms with E-state index in [0.29, 0.717) is 11.7 Å².